The molecule has 0 saturated carbocycles. The molecule has 1 aromatic rings. The minimum Gasteiger partial charge on any atom is -0.429 e. The molecule has 0 aliphatic carbocycles. The van der Waals surface area contributed by atoms with E-state index in [1.54, 1.807) is 24.3 Å². The molecule has 0 fully saturated rings. The zero-order valence-corrected chi connectivity index (χ0v) is 9.06. The largest absolute Gasteiger partial charge is 0.429 e. The third-order valence-corrected chi connectivity index (χ3v) is 2.13. The lowest BCUT2D eigenvalue weighted by atomic mass is 10.0. The Kier molecular flexibility index (Phi) is 3.86. The third kappa shape index (κ3) is 3.06. The molecule has 1 rings (SSSR count). The fourth-order valence-corrected chi connectivity index (χ4v) is 1.53. The Balaban J connectivity index is 2.95. The SMILES string of the molecule is CCCC(O)(OC(C)=O)c1ccccc1. The summed E-state index contributed by atoms with van der Waals surface area (Å²) in [6.45, 7) is 3.22. The van der Waals surface area contributed by atoms with E-state index in [1.807, 2.05) is 13.0 Å². The van der Waals surface area contributed by atoms with Crippen molar-refractivity contribution < 1.29 is 14.6 Å². The first-order chi connectivity index (χ1) is 7.08. The Morgan fingerprint density at radius 3 is 2.47 bits per heavy atom. The van der Waals surface area contributed by atoms with Gasteiger partial charge in [0, 0.05) is 18.9 Å². The van der Waals surface area contributed by atoms with E-state index >= 15 is 0 Å². The normalized spacial score (nSPS) is 14.3. The van der Waals surface area contributed by atoms with Crippen molar-refractivity contribution in [3.05, 3.63) is 35.9 Å². The molecule has 1 atom stereocenters. The van der Waals surface area contributed by atoms with E-state index in [0.717, 1.165) is 6.42 Å². The monoisotopic (exact) mass is 208 g/mol. The van der Waals surface area contributed by atoms with Gasteiger partial charge in [0.05, 0.1) is 0 Å². The summed E-state index contributed by atoms with van der Waals surface area (Å²) in [6, 6.07) is 8.96. The first kappa shape index (κ1) is 11.7. The van der Waals surface area contributed by atoms with Crippen LogP contribution in [0.15, 0.2) is 30.3 Å². The van der Waals surface area contributed by atoms with Gasteiger partial charge in [0.2, 0.25) is 5.79 Å². The van der Waals surface area contributed by atoms with E-state index in [9.17, 15) is 9.90 Å². The number of ether oxygens (including phenoxy) is 1. The summed E-state index contributed by atoms with van der Waals surface area (Å²) < 4.78 is 4.98. The van der Waals surface area contributed by atoms with Crippen LogP contribution in [0.3, 0.4) is 0 Å². The number of aliphatic hydroxyl groups is 1. The summed E-state index contributed by atoms with van der Waals surface area (Å²) in [7, 11) is 0. The summed E-state index contributed by atoms with van der Waals surface area (Å²) >= 11 is 0. The van der Waals surface area contributed by atoms with Crippen LogP contribution < -0.4 is 0 Å². The van der Waals surface area contributed by atoms with E-state index in [0.29, 0.717) is 12.0 Å². The molecule has 0 radical (unpaired) electrons. The Morgan fingerprint density at radius 2 is 2.00 bits per heavy atom. The van der Waals surface area contributed by atoms with E-state index in [4.69, 9.17) is 4.74 Å². The van der Waals surface area contributed by atoms with Crippen LogP contribution in [0.5, 0.6) is 0 Å². The van der Waals surface area contributed by atoms with Crippen LogP contribution in [0.2, 0.25) is 0 Å². The maximum Gasteiger partial charge on any atom is 0.305 e. The lowest BCUT2D eigenvalue weighted by Gasteiger charge is -2.27. The van der Waals surface area contributed by atoms with Gasteiger partial charge in [0.25, 0.3) is 0 Å². The van der Waals surface area contributed by atoms with Crippen LogP contribution in [0.1, 0.15) is 32.3 Å². The van der Waals surface area contributed by atoms with Gasteiger partial charge < -0.3 is 9.84 Å². The average molecular weight is 208 g/mol. The summed E-state index contributed by atoms with van der Waals surface area (Å²) in [5.41, 5.74) is 0.613. The third-order valence-electron chi connectivity index (χ3n) is 2.13. The van der Waals surface area contributed by atoms with Gasteiger partial charge in [-0.15, -0.1) is 0 Å². The van der Waals surface area contributed by atoms with Crippen molar-refractivity contribution >= 4 is 5.97 Å². The highest BCUT2D eigenvalue weighted by Crippen LogP contribution is 2.27. The Bertz CT molecular complexity index is 321. The number of esters is 1. The fourth-order valence-electron chi connectivity index (χ4n) is 1.53. The van der Waals surface area contributed by atoms with Crippen LogP contribution in [0, 0.1) is 0 Å². The summed E-state index contributed by atoms with van der Waals surface area (Å²) in [5, 5.41) is 10.2. The second-order valence-electron chi connectivity index (χ2n) is 3.49. The lowest BCUT2D eigenvalue weighted by molar-refractivity contribution is -0.216. The molecular formula is C12H16O3. The highest BCUT2D eigenvalue weighted by molar-refractivity contribution is 5.66. The van der Waals surface area contributed by atoms with Crippen LogP contribution >= 0.6 is 0 Å². The molecule has 3 nitrogen and oxygen atoms in total. The first-order valence-electron chi connectivity index (χ1n) is 5.06. The molecule has 82 valence electrons. The van der Waals surface area contributed by atoms with Crippen molar-refractivity contribution in [2.24, 2.45) is 0 Å². The second kappa shape index (κ2) is 4.94. The van der Waals surface area contributed by atoms with Gasteiger partial charge in [-0.05, 0) is 6.42 Å². The van der Waals surface area contributed by atoms with E-state index in [1.165, 1.54) is 6.92 Å². The quantitative estimate of drug-likeness (QED) is 0.609. The minimum absolute atomic E-state index is 0.399. The van der Waals surface area contributed by atoms with Gasteiger partial charge in [-0.3, -0.25) is 4.79 Å². The molecule has 1 N–H and O–H groups in total. The Hall–Kier alpha value is -1.35. The van der Waals surface area contributed by atoms with Gasteiger partial charge in [-0.2, -0.15) is 0 Å². The predicted octanol–water partition coefficient (Wildman–Crippen LogP) is 2.19. The molecule has 1 unspecified atom stereocenters. The van der Waals surface area contributed by atoms with Crippen LogP contribution in [-0.4, -0.2) is 11.1 Å². The molecule has 0 aliphatic rings. The fraction of sp³-hybridized carbons (Fsp3) is 0.417. The Labute approximate surface area is 89.7 Å². The maximum absolute atomic E-state index is 10.9. The van der Waals surface area contributed by atoms with Crippen LogP contribution in [0.25, 0.3) is 0 Å². The molecule has 0 aromatic heterocycles. The Morgan fingerprint density at radius 1 is 1.40 bits per heavy atom. The maximum atomic E-state index is 10.9. The smallest absolute Gasteiger partial charge is 0.305 e. The minimum atomic E-state index is -1.48. The van der Waals surface area contributed by atoms with E-state index in [2.05, 4.69) is 0 Å². The summed E-state index contributed by atoms with van der Waals surface area (Å²) in [4.78, 5) is 10.9. The van der Waals surface area contributed by atoms with Crippen molar-refractivity contribution in [1.29, 1.82) is 0 Å². The van der Waals surface area contributed by atoms with Gasteiger partial charge in [-0.1, -0.05) is 37.3 Å². The molecule has 15 heavy (non-hydrogen) atoms. The second-order valence-corrected chi connectivity index (χ2v) is 3.49. The number of hydrogen-bond donors (Lipinski definition) is 1. The average Bonchev–Trinajstić information content (AvgIpc) is 2.18. The van der Waals surface area contributed by atoms with E-state index in [-0.39, 0.29) is 0 Å². The topological polar surface area (TPSA) is 46.5 Å². The molecule has 0 heterocycles. The van der Waals surface area contributed by atoms with Crippen LogP contribution in [-0.2, 0) is 15.3 Å². The highest BCUT2D eigenvalue weighted by Gasteiger charge is 2.31. The molecule has 0 bridgehead atoms. The predicted molar refractivity (Wildman–Crippen MR) is 57.0 cm³/mol. The van der Waals surface area contributed by atoms with Gasteiger partial charge in [0.15, 0.2) is 0 Å². The molecule has 1 aromatic carbocycles. The standard InChI is InChI=1S/C12H16O3/c1-3-9-12(14,15-10(2)13)11-7-5-4-6-8-11/h4-8,14H,3,9H2,1-2H3. The summed E-state index contributed by atoms with van der Waals surface area (Å²) in [5.74, 6) is -1.96. The zero-order chi connectivity index (χ0) is 11.3. The van der Waals surface area contributed by atoms with Gasteiger partial charge in [0.1, 0.15) is 0 Å². The summed E-state index contributed by atoms with van der Waals surface area (Å²) in [6.07, 6.45) is 1.13. The zero-order valence-electron chi connectivity index (χ0n) is 9.06. The number of hydrogen-bond acceptors (Lipinski definition) is 3. The first-order valence-corrected chi connectivity index (χ1v) is 5.06. The van der Waals surface area contributed by atoms with E-state index < -0.39 is 11.8 Å². The van der Waals surface area contributed by atoms with Crippen molar-refractivity contribution in [2.45, 2.75) is 32.5 Å². The molecule has 0 aliphatic heterocycles. The lowest BCUT2D eigenvalue weighted by Crippen LogP contribution is -2.31. The van der Waals surface area contributed by atoms with Crippen molar-refractivity contribution in [2.75, 3.05) is 0 Å². The molecule has 0 saturated heterocycles. The molecular weight excluding hydrogens is 192 g/mol. The van der Waals surface area contributed by atoms with Crippen LogP contribution in [0.4, 0.5) is 0 Å². The van der Waals surface area contributed by atoms with Crippen molar-refractivity contribution in [3.63, 3.8) is 0 Å². The number of rotatable bonds is 4. The van der Waals surface area contributed by atoms with Gasteiger partial charge >= 0.3 is 5.97 Å². The van der Waals surface area contributed by atoms with Gasteiger partial charge in [-0.25, -0.2) is 0 Å². The molecule has 0 amide bonds. The molecule has 0 spiro atoms. The molecule has 3 heteroatoms. The number of carbonyl (C=O) groups excluding carboxylic acids is 1. The van der Waals surface area contributed by atoms with Crippen molar-refractivity contribution in [3.8, 4) is 0 Å². The highest BCUT2D eigenvalue weighted by atomic mass is 16.7. The number of benzene rings is 1. The number of carbonyl (C=O) groups is 1. The van der Waals surface area contributed by atoms with Crippen molar-refractivity contribution in [1.82, 2.24) is 0 Å².